The Morgan fingerprint density at radius 2 is 1.94 bits per heavy atom. The first-order valence-electron chi connectivity index (χ1n) is 5.46. The van der Waals surface area contributed by atoms with E-state index in [0.717, 1.165) is 12.1 Å². The predicted octanol–water partition coefficient (Wildman–Crippen LogP) is 2.46. The van der Waals surface area contributed by atoms with Gasteiger partial charge in [0.25, 0.3) is 0 Å². The Kier molecular flexibility index (Phi) is 3.21. The summed E-state index contributed by atoms with van der Waals surface area (Å²) in [6, 6.07) is 3.48. The van der Waals surface area contributed by atoms with Crippen molar-refractivity contribution in [3.05, 3.63) is 35.3 Å². The second-order valence-corrected chi connectivity index (χ2v) is 3.99. The molecule has 0 saturated carbocycles. The van der Waals surface area contributed by atoms with Crippen LogP contribution < -0.4 is 5.73 Å². The lowest BCUT2D eigenvalue weighted by Gasteiger charge is -2.09. The Morgan fingerprint density at radius 3 is 2.56 bits per heavy atom. The molecule has 2 N–H and O–H groups in total. The second-order valence-electron chi connectivity index (χ2n) is 3.99. The zero-order valence-electron chi connectivity index (χ0n) is 9.75. The van der Waals surface area contributed by atoms with Gasteiger partial charge in [-0.25, -0.2) is 9.97 Å². The highest BCUT2D eigenvalue weighted by Gasteiger charge is 2.30. The van der Waals surface area contributed by atoms with E-state index in [1.807, 2.05) is 0 Å². The summed E-state index contributed by atoms with van der Waals surface area (Å²) in [5.74, 6) is 0.558. The Bertz CT molecular complexity index is 579. The van der Waals surface area contributed by atoms with Crippen molar-refractivity contribution in [2.45, 2.75) is 19.5 Å². The van der Waals surface area contributed by atoms with Crippen LogP contribution in [0, 0.1) is 6.92 Å². The maximum Gasteiger partial charge on any atom is 0.416 e. The minimum Gasteiger partial charge on any atom is -0.330 e. The zero-order valence-corrected chi connectivity index (χ0v) is 9.75. The highest BCUT2D eigenvalue weighted by Crippen LogP contribution is 2.31. The smallest absolute Gasteiger partial charge is 0.330 e. The molecule has 1 aromatic carbocycles. The third-order valence-electron chi connectivity index (χ3n) is 2.63. The molecule has 1 aromatic heterocycles. The summed E-state index contributed by atoms with van der Waals surface area (Å²) in [5.41, 5.74) is 5.77. The molecule has 3 nitrogen and oxygen atoms in total. The first kappa shape index (κ1) is 12.8. The lowest BCUT2D eigenvalue weighted by molar-refractivity contribution is -0.137. The molecule has 96 valence electrons. The van der Waals surface area contributed by atoms with Crippen LogP contribution >= 0.6 is 0 Å². The van der Waals surface area contributed by atoms with Crippen LogP contribution in [0.2, 0.25) is 0 Å². The summed E-state index contributed by atoms with van der Waals surface area (Å²) in [6.07, 6.45) is -3.84. The van der Waals surface area contributed by atoms with Crippen LogP contribution in [0.15, 0.2) is 18.2 Å². The highest BCUT2D eigenvalue weighted by molar-refractivity contribution is 5.81. The van der Waals surface area contributed by atoms with E-state index in [-0.39, 0.29) is 0 Å². The number of alkyl halides is 3. The molecular weight excluding hydrogens is 243 g/mol. The van der Waals surface area contributed by atoms with Crippen molar-refractivity contribution in [1.82, 2.24) is 9.97 Å². The molecule has 2 aromatic rings. The summed E-state index contributed by atoms with van der Waals surface area (Å²) < 4.78 is 37.8. The molecule has 0 aliphatic heterocycles. The summed E-state index contributed by atoms with van der Waals surface area (Å²) in [4.78, 5) is 8.35. The van der Waals surface area contributed by atoms with Gasteiger partial charge in [-0.1, -0.05) is 0 Å². The minimum absolute atomic E-state index is 0.408. The Balaban J connectivity index is 2.58. The predicted molar refractivity (Wildman–Crippen MR) is 62.0 cm³/mol. The van der Waals surface area contributed by atoms with Gasteiger partial charge < -0.3 is 5.73 Å². The molecule has 0 aliphatic rings. The Labute approximate surface area is 102 Å². The highest BCUT2D eigenvalue weighted by atomic mass is 19.4. The van der Waals surface area contributed by atoms with E-state index in [0.29, 0.717) is 35.4 Å². The molecule has 0 unspecified atom stereocenters. The quantitative estimate of drug-likeness (QED) is 0.896. The number of aryl methyl sites for hydroxylation is 1. The average Bonchev–Trinajstić information content (AvgIpc) is 2.27. The first-order chi connectivity index (χ1) is 8.41. The molecule has 1 heterocycles. The summed E-state index contributed by atoms with van der Waals surface area (Å²) in [5, 5.41) is 0.422. The number of rotatable bonds is 2. The maximum atomic E-state index is 12.6. The van der Waals surface area contributed by atoms with Crippen LogP contribution in [0.25, 0.3) is 10.9 Å². The van der Waals surface area contributed by atoms with Crippen molar-refractivity contribution >= 4 is 10.9 Å². The lowest BCUT2D eigenvalue weighted by atomic mass is 10.1. The number of fused-ring (bicyclic) bond motifs is 1. The van der Waals surface area contributed by atoms with Crippen molar-refractivity contribution < 1.29 is 13.2 Å². The molecule has 0 bridgehead atoms. The van der Waals surface area contributed by atoms with Crippen molar-refractivity contribution in [3.63, 3.8) is 0 Å². The van der Waals surface area contributed by atoms with Gasteiger partial charge in [0.1, 0.15) is 5.82 Å². The second kappa shape index (κ2) is 4.53. The number of hydrogen-bond acceptors (Lipinski definition) is 3. The lowest BCUT2D eigenvalue weighted by Crippen LogP contribution is -2.08. The summed E-state index contributed by atoms with van der Waals surface area (Å²) in [7, 11) is 0. The van der Waals surface area contributed by atoms with E-state index in [4.69, 9.17) is 5.73 Å². The first-order valence-corrected chi connectivity index (χ1v) is 5.46. The van der Waals surface area contributed by atoms with Gasteiger partial charge >= 0.3 is 6.18 Å². The molecule has 0 amide bonds. The molecule has 0 aliphatic carbocycles. The molecule has 0 radical (unpaired) electrons. The number of halogens is 3. The van der Waals surface area contributed by atoms with Crippen molar-refractivity contribution in [2.24, 2.45) is 5.73 Å². The molecule has 0 spiro atoms. The van der Waals surface area contributed by atoms with Crippen molar-refractivity contribution in [1.29, 1.82) is 0 Å². The third kappa shape index (κ3) is 2.43. The van der Waals surface area contributed by atoms with Crippen LogP contribution in [0.5, 0.6) is 0 Å². The van der Waals surface area contributed by atoms with Gasteiger partial charge in [0, 0.05) is 17.5 Å². The van der Waals surface area contributed by atoms with E-state index in [9.17, 15) is 13.2 Å². The molecule has 2 rings (SSSR count). The maximum absolute atomic E-state index is 12.6. The number of hydrogen-bond donors (Lipinski definition) is 1. The van der Waals surface area contributed by atoms with Crippen LogP contribution in [-0.2, 0) is 12.6 Å². The molecular formula is C12H12F3N3. The van der Waals surface area contributed by atoms with E-state index in [1.54, 1.807) is 6.92 Å². The van der Waals surface area contributed by atoms with Gasteiger partial charge in [0.2, 0.25) is 0 Å². The fraction of sp³-hybridized carbons (Fsp3) is 0.333. The van der Waals surface area contributed by atoms with Gasteiger partial charge in [-0.2, -0.15) is 13.2 Å². The van der Waals surface area contributed by atoms with Crippen molar-refractivity contribution in [3.8, 4) is 0 Å². The van der Waals surface area contributed by atoms with Gasteiger partial charge in [-0.3, -0.25) is 0 Å². The van der Waals surface area contributed by atoms with Crippen molar-refractivity contribution in [2.75, 3.05) is 6.54 Å². The fourth-order valence-electron chi connectivity index (χ4n) is 1.76. The van der Waals surface area contributed by atoms with Gasteiger partial charge in [0.05, 0.1) is 11.1 Å². The van der Waals surface area contributed by atoms with E-state index < -0.39 is 11.7 Å². The fourth-order valence-corrected chi connectivity index (χ4v) is 1.76. The summed E-state index contributed by atoms with van der Waals surface area (Å²) in [6.45, 7) is 2.08. The standard InChI is InChI=1S/C12H12F3N3/c1-7-9-6-8(12(13,14)15)2-3-10(9)18-11(17-7)4-5-16/h2-3,6H,4-5,16H2,1H3. The Hall–Kier alpha value is -1.69. The number of nitrogens with zero attached hydrogens (tertiary/aromatic N) is 2. The monoisotopic (exact) mass is 255 g/mol. The van der Waals surface area contributed by atoms with E-state index in [1.165, 1.54) is 6.07 Å². The van der Waals surface area contributed by atoms with Gasteiger partial charge in [0.15, 0.2) is 0 Å². The molecule has 0 atom stereocenters. The van der Waals surface area contributed by atoms with Crippen LogP contribution in [0.3, 0.4) is 0 Å². The topological polar surface area (TPSA) is 51.8 Å². The minimum atomic E-state index is -4.35. The number of benzene rings is 1. The molecule has 6 heteroatoms. The van der Waals surface area contributed by atoms with Crippen LogP contribution in [0.4, 0.5) is 13.2 Å². The largest absolute Gasteiger partial charge is 0.416 e. The van der Waals surface area contributed by atoms with Gasteiger partial charge in [-0.05, 0) is 31.7 Å². The van der Waals surface area contributed by atoms with E-state index >= 15 is 0 Å². The number of aromatic nitrogens is 2. The third-order valence-corrected chi connectivity index (χ3v) is 2.63. The molecule has 18 heavy (non-hydrogen) atoms. The molecule has 0 fully saturated rings. The zero-order chi connectivity index (χ0) is 13.3. The van der Waals surface area contributed by atoms with Crippen LogP contribution in [-0.4, -0.2) is 16.5 Å². The van der Waals surface area contributed by atoms with Gasteiger partial charge in [-0.15, -0.1) is 0 Å². The average molecular weight is 255 g/mol. The normalized spacial score (nSPS) is 12.1. The summed E-state index contributed by atoms with van der Waals surface area (Å²) >= 11 is 0. The number of nitrogens with two attached hydrogens (primary N) is 1. The SMILES string of the molecule is Cc1nc(CCN)nc2ccc(C(F)(F)F)cc12. The van der Waals surface area contributed by atoms with E-state index in [2.05, 4.69) is 9.97 Å². The molecule has 0 saturated heterocycles. The van der Waals surface area contributed by atoms with Crippen LogP contribution in [0.1, 0.15) is 17.1 Å². The Morgan fingerprint density at radius 1 is 1.22 bits per heavy atom.